The van der Waals surface area contributed by atoms with Crippen LogP contribution in [0.15, 0.2) is 36.4 Å². The van der Waals surface area contributed by atoms with Gasteiger partial charge in [0.25, 0.3) is 5.91 Å². The number of methoxy groups -OCH3 is 2. The fourth-order valence-electron chi connectivity index (χ4n) is 3.87. The van der Waals surface area contributed by atoms with Gasteiger partial charge in [-0.25, -0.2) is 4.98 Å². The normalized spacial score (nSPS) is 14.5. The Balaban J connectivity index is 1.55. The van der Waals surface area contributed by atoms with E-state index in [0.717, 1.165) is 56.3 Å². The number of carbonyl (C=O) groups excluding carboxylic acids is 1. The van der Waals surface area contributed by atoms with Crippen molar-refractivity contribution in [2.45, 2.75) is 20.0 Å². The van der Waals surface area contributed by atoms with Crippen molar-refractivity contribution in [1.29, 1.82) is 0 Å². The minimum Gasteiger partial charge on any atom is -0.493 e. The molecule has 8 heteroatoms. The van der Waals surface area contributed by atoms with E-state index in [4.69, 9.17) is 19.2 Å². The molecule has 0 spiro atoms. The number of rotatable bonds is 7. The van der Waals surface area contributed by atoms with E-state index in [-0.39, 0.29) is 5.91 Å². The number of amides is 1. The van der Waals surface area contributed by atoms with Gasteiger partial charge in [0, 0.05) is 30.9 Å². The molecule has 1 fully saturated rings. The van der Waals surface area contributed by atoms with Crippen LogP contribution < -0.4 is 14.8 Å². The smallest absolute Gasteiger partial charge is 0.255 e. The van der Waals surface area contributed by atoms with E-state index in [9.17, 15) is 4.79 Å². The molecule has 0 radical (unpaired) electrons. The van der Waals surface area contributed by atoms with Crippen LogP contribution in [0.1, 0.15) is 23.1 Å². The van der Waals surface area contributed by atoms with Crippen LogP contribution in [-0.2, 0) is 17.8 Å². The molecule has 8 nitrogen and oxygen atoms in total. The summed E-state index contributed by atoms with van der Waals surface area (Å²) in [5, 5.41) is 2.96. The maximum Gasteiger partial charge on any atom is 0.255 e. The van der Waals surface area contributed by atoms with Crippen LogP contribution in [0.2, 0.25) is 0 Å². The number of aromatic nitrogens is 2. The van der Waals surface area contributed by atoms with Gasteiger partial charge < -0.3 is 24.1 Å². The molecule has 0 saturated carbocycles. The molecule has 1 aliphatic rings. The summed E-state index contributed by atoms with van der Waals surface area (Å²) in [5.74, 6) is 1.91. The first-order chi connectivity index (χ1) is 15.1. The largest absolute Gasteiger partial charge is 0.493 e. The molecule has 4 rings (SSSR count). The van der Waals surface area contributed by atoms with E-state index < -0.39 is 0 Å². The first-order valence-corrected chi connectivity index (χ1v) is 10.5. The Hall–Kier alpha value is -3.10. The average Bonchev–Trinajstić information content (AvgIpc) is 3.15. The number of hydrogen-bond donors (Lipinski definition) is 1. The molecule has 31 heavy (non-hydrogen) atoms. The van der Waals surface area contributed by atoms with Gasteiger partial charge in [-0.2, -0.15) is 0 Å². The van der Waals surface area contributed by atoms with E-state index in [2.05, 4.69) is 21.7 Å². The zero-order valence-electron chi connectivity index (χ0n) is 18.2. The van der Waals surface area contributed by atoms with Crippen molar-refractivity contribution in [3.8, 4) is 11.5 Å². The zero-order valence-corrected chi connectivity index (χ0v) is 18.2. The number of morpholine rings is 1. The quantitative estimate of drug-likeness (QED) is 0.628. The van der Waals surface area contributed by atoms with Gasteiger partial charge >= 0.3 is 0 Å². The molecular formula is C23H28N4O4. The molecular weight excluding hydrogens is 396 g/mol. The Kier molecular flexibility index (Phi) is 6.39. The summed E-state index contributed by atoms with van der Waals surface area (Å²) >= 11 is 0. The molecule has 3 aromatic rings. The molecule has 1 aliphatic heterocycles. The topological polar surface area (TPSA) is 77.9 Å². The van der Waals surface area contributed by atoms with Crippen LogP contribution >= 0.6 is 0 Å². The van der Waals surface area contributed by atoms with E-state index in [0.29, 0.717) is 22.7 Å². The molecule has 0 unspecified atom stereocenters. The van der Waals surface area contributed by atoms with Gasteiger partial charge in [-0.1, -0.05) is 0 Å². The van der Waals surface area contributed by atoms with E-state index >= 15 is 0 Å². The Morgan fingerprint density at radius 1 is 1.10 bits per heavy atom. The third-order valence-corrected chi connectivity index (χ3v) is 5.52. The summed E-state index contributed by atoms with van der Waals surface area (Å²) in [7, 11) is 3.11. The van der Waals surface area contributed by atoms with E-state index in [1.165, 1.54) is 0 Å². The lowest BCUT2D eigenvalue weighted by molar-refractivity contribution is 0.0327. The van der Waals surface area contributed by atoms with Crippen LogP contribution in [0, 0.1) is 0 Å². The third-order valence-electron chi connectivity index (χ3n) is 5.52. The van der Waals surface area contributed by atoms with Crippen molar-refractivity contribution in [2.24, 2.45) is 0 Å². The molecule has 0 atom stereocenters. The summed E-state index contributed by atoms with van der Waals surface area (Å²) < 4.78 is 18.2. The van der Waals surface area contributed by atoms with Crippen LogP contribution in [0.3, 0.4) is 0 Å². The molecule has 1 aromatic heterocycles. The number of benzene rings is 2. The van der Waals surface area contributed by atoms with Gasteiger partial charge in [-0.3, -0.25) is 9.69 Å². The molecule has 2 aromatic carbocycles. The van der Waals surface area contributed by atoms with Crippen LogP contribution in [0.4, 0.5) is 5.69 Å². The number of imidazole rings is 1. The Morgan fingerprint density at radius 3 is 2.58 bits per heavy atom. The minimum atomic E-state index is -0.219. The van der Waals surface area contributed by atoms with Crippen molar-refractivity contribution in [3.05, 3.63) is 47.8 Å². The van der Waals surface area contributed by atoms with Crippen molar-refractivity contribution in [3.63, 3.8) is 0 Å². The second kappa shape index (κ2) is 9.36. The number of nitrogens with zero attached hydrogens (tertiary/aromatic N) is 3. The highest BCUT2D eigenvalue weighted by atomic mass is 16.5. The molecule has 0 aliphatic carbocycles. The molecule has 1 N–H and O–H groups in total. The van der Waals surface area contributed by atoms with Crippen molar-refractivity contribution in [2.75, 3.05) is 45.8 Å². The summed E-state index contributed by atoms with van der Waals surface area (Å²) in [6.07, 6.45) is 0. The Morgan fingerprint density at radius 2 is 1.87 bits per heavy atom. The number of ether oxygens (including phenoxy) is 3. The van der Waals surface area contributed by atoms with Gasteiger partial charge in [-0.15, -0.1) is 0 Å². The summed E-state index contributed by atoms with van der Waals surface area (Å²) in [5.41, 5.74) is 3.13. The molecule has 1 saturated heterocycles. The maximum atomic E-state index is 12.8. The number of anilines is 1. The number of nitrogens with one attached hydrogen (secondary N) is 1. The second-order valence-corrected chi connectivity index (χ2v) is 7.39. The highest BCUT2D eigenvalue weighted by molar-refractivity contribution is 6.05. The first kappa shape index (κ1) is 21.1. The van der Waals surface area contributed by atoms with E-state index in [1.807, 2.05) is 18.2 Å². The lowest BCUT2D eigenvalue weighted by Crippen LogP contribution is -2.36. The van der Waals surface area contributed by atoms with Gasteiger partial charge in [-0.05, 0) is 43.3 Å². The number of fused-ring (bicyclic) bond motifs is 1. The second-order valence-electron chi connectivity index (χ2n) is 7.39. The Bertz CT molecular complexity index is 1070. The SMILES string of the molecule is CCn1c(CN2CCOCC2)nc2cc(NC(=O)c3ccc(OC)c(OC)c3)ccc21. The Labute approximate surface area is 181 Å². The van der Waals surface area contributed by atoms with Crippen molar-refractivity contribution < 1.29 is 19.0 Å². The lowest BCUT2D eigenvalue weighted by Gasteiger charge is -2.26. The van der Waals surface area contributed by atoms with Crippen LogP contribution in [0.5, 0.6) is 11.5 Å². The lowest BCUT2D eigenvalue weighted by atomic mass is 10.1. The number of hydrogen-bond acceptors (Lipinski definition) is 6. The maximum absolute atomic E-state index is 12.8. The third kappa shape index (κ3) is 4.50. The summed E-state index contributed by atoms with van der Waals surface area (Å²) in [6, 6.07) is 10.9. The van der Waals surface area contributed by atoms with Gasteiger partial charge in [0.15, 0.2) is 11.5 Å². The van der Waals surface area contributed by atoms with Gasteiger partial charge in [0.1, 0.15) is 5.82 Å². The molecule has 164 valence electrons. The monoisotopic (exact) mass is 424 g/mol. The minimum absolute atomic E-state index is 0.219. The first-order valence-electron chi connectivity index (χ1n) is 10.5. The highest BCUT2D eigenvalue weighted by Crippen LogP contribution is 2.28. The fraction of sp³-hybridized carbons (Fsp3) is 0.391. The predicted octanol–water partition coefficient (Wildman–Crippen LogP) is 3.16. The summed E-state index contributed by atoms with van der Waals surface area (Å²) in [4.78, 5) is 20.0. The van der Waals surface area contributed by atoms with Gasteiger partial charge in [0.2, 0.25) is 0 Å². The van der Waals surface area contributed by atoms with E-state index in [1.54, 1.807) is 32.4 Å². The van der Waals surface area contributed by atoms with Crippen LogP contribution in [0.25, 0.3) is 11.0 Å². The summed E-state index contributed by atoms with van der Waals surface area (Å²) in [6.45, 7) is 7.11. The highest BCUT2D eigenvalue weighted by Gasteiger charge is 2.17. The molecule has 0 bridgehead atoms. The van der Waals surface area contributed by atoms with Crippen LogP contribution in [-0.4, -0.2) is 60.9 Å². The standard InChI is InChI=1S/C23H28N4O4/c1-4-27-19-7-6-17(14-18(19)25-22(27)15-26-9-11-31-12-10-26)24-23(28)16-5-8-20(29-2)21(13-16)30-3/h5-8,13-14H,4,9-12,15H2,1-3H3,(H,24,28). The van der Waals surface area contributed by atoms with Gasteiger partial charge in [0.05, 0.1) is 45.0 Å². The fourth-order valence-corrected chi connectivity index (χ4v) is 3.87. The number of aryl methyl sites for hydroxylation is 1. The zero-order chi connectivity index (χ0) is 21.8. The predicted molar refractivity (Wildman–Crippen MR) is 119 cm³/mol. The van der Waals surface area contributed by atoms with Crippen molar-refractivity contribution >= 4 is 22.6 Å². The number of carbonyl (C=O) groups is 1. The molecule has 1 amide bonds. The molecule has 2 heterocycles. The van der Waals surface area contributed by atoms with Crippen molar-refractivity contribution in [1.82, 2.24) is 14.5 Å². The average molecular weight is 425 g/mol.